The first-order valence-corrected chi connectivity index (χ1v) is 7.23. The number of halogens is 1. The lowest BCUT2D eigenvalue weighted by molar-refractivity contribution is -0.118. The average Bonchev–Trinajstić information content (AvgIpc) is 2.34. The van der Waals surface area contributed by atoms with Crippen molar-refractivity contribution in [3.05, 3.63) is 33.8 Å². The highest BCUT2D eigenvalue weighted by molar-refractivity contribution is 9.10. The number of amides is 1. The maximum absolute atomic E-state index is 10.6. The summed E-state index contributed by atoms with van der Waals surface area (Å²) in [6, 6.07) is 7.07. The Kier molecular flexibility index (Phi) is 4.78. The van der Waals surface area contributed by atoms with Gasteiger partial charge in [-0.1, -0.05) is 22.0 Å². The summed E-state index contributed by atoms with van der Waals surface area (Å²) in [6.07, 6.45) is 4.68. The fourth-order valence-corrected chi connectivity index (χ4v) is 2.88. The lowest BCUT2D eigenvalue weighted by Crippen LogP contribution is -2.35. The van der Waals surface area contributed by atoms with Gasteiger partial charge in [0.25, 0.3) is 0 Å². The zero-order valence-corrected chi connectivity index (χ0v) is 12.0. The summed E-state index contributed by atoms with van der Waals surface area (Å²) in [5, 5.41) is 3.51. The maximum atomic E-state index is 10.6. The normalized spacial score (nSPS) is 18.4. The molecule has 1 aliphatic rings. The number of nitrogens with two attached hydrogens (primary N) is 1. The second-order valence-electron chi connectivity index (χ2n) is 4.88. The second kappa shape index (κ2) is 6.34. The van der Waals surface area contributed by atoms with Gasteiger partial charge in [0, 0.05) is 16.9 Å². The van der Waals surface area contributed by atoms with Gasteiger partial charge in [0.05, 0.1) is 0 Å². The molecule has 0 saturated heterocycles. The van der Waals surface area contributed by atoms with Crippen LogP contribution in [0.5, 0.6) is 0 Å². The van der Waals surface area contributed by atoms with Crippen LogP contribution in [0.1, 0.15) is 30.4 Å². The molecule has 0 aliphatic heterocycles. The van der Waals surface area contributed by atoms with Crippen molar-refractivity contribution in [3.63, 3.8) is 0 Å². The number of carbonyl (C=O) groups excluding carboxylic acids is 1. The van der Waals surface area contributed by atoms with Crippen LogP contribution in [-0.4, -0.2) is 18.5 Å². The average molecular weight is 311 g/mol. The molecule has 2 rings (SSSR count). The minimum Gasteiger partial charge on any atom is -0.370 e. The Balaban J connectivity index is 1.81. The van der Waals surface area contributed by atoms with E-state index in [-0.39, 0.29) is 5.91 Å². The molecule has 0 saturated carbocycles. The van der Waals surface area contributed by atoms with Crippen molar-refractivity contribution in [2.75, 3.05) is 6.54 Å². The van der Waals surface area contributed by atoms with Gasteiger partial charge in [0.15, 0.2) is 0 Å². The van der Waals surface area contributed by atoms with Crippen molar-refractivity contribution in [2.45, 2.75) is 38.1 Å². The van der Waals surface area contributed by atoms with Gasteiger partial charge in [-0.25, -0.2) is 0 Å². The lowest BCUT2D eigenvalue weighted by atomic mass is 9.88. The molecule has 1 atom stereocenters. The number of fused-ring (bicyclic) bond motifs is 1. The standard InChI is InChI=1S/C14H19BrN2O/c15-12-5-3-11-9-13(6-4-10(11)8-12)17-7-1-2-14(16)18/h3,5,8,13,17H,1-2,4,6-7,9H2,(H2,16,18). The Hall–Kier alpha value is -0.870. The highest BCUT2D eigenvalue weighted by Crippen LogP contribution is 2.24. The summed E-state index contributed by atoms with van der Waals surface area (Å²) in [6.45, 7) is 0.874. The maximum Gasteiger partial charge on any atom is 0.217 e. The third kappa shape index (κ3) is 3.82. The molecule has 0 radical (unpaired) electrons. The number of carbonyl (C=O) groups is 1. The highest BCUT2D eigenvalue weighted by atomic mass is 79.9. The Morgan fingerprint density at radius 2 is 2.28 bits per heavy atom. The van der Waals surface area contributed by atoms with Gasteiger partial charge in [-0.3, -0.25) is 4.79 Å². The van der Waals surface area contributed by atoms with E-state index < -0.39 is 0 Å². The largest absolute Gasteiger partial charge is 0.370 e. The summed E-state index contributed by atoms with van der Waals surface area (Å²) >= 11 is 3.51. The number of rotatable bonds is 5. The second-order valence-corrected chi connectivity index (χ2v) is 5.79. The predicted molar refractivity (Wildman–Crippen MR) is 76.4 cm³/mol. The Morgan fingerprint density at radius 1 is 1.44 bits per heavy atom. The monoisotopic (exact) mass is 310 g/mol. The lowest BCUT2D eigenvalue weighted by Gasteiger charge is -2.25. The van der Waals surface area contributed by atoms with E-state index in [0.717, 1.165) is 30.3 Å². The van der Waals surface area contributed by atoms with Crippen LogP contribution < -0.4 is 11.1 Å². The van der Waals surface area contributed by atoms with E-state index in [1.807, 2.05) is 0 Å². The molecule has 1 unspecified atom stereocenters. The molecule has 0 heterocycles. The van der Waals surface area contributed by atoms with E-state index in [1.165, 1.54) is 17.5 Å². The van der Waals surface area contributed by atoms with Gasteiger partial charge < -0.3 is 11.1 Å². The number of hydrogen-bond donors (Lipinski definition) is 2. The number of nitrogens with one attached hydrogen (secondary N) is 1. The zero-order valence-electron chi connectivity index (χ0n) is 10.4. The molecule has 1 aromatic rings. The van der Waals surface area contributed by atoms with Gasteiger partial charge in [-0.15, -0.1) is 0 Å². The third-order valence-corrected chi connectivity index (χ3v) is 3.92. The van der Waals surface area contributed by atoms with Crippen molar-refractivity contribution in [1.29, 1.82) is 0 Å². The Morgan fingerprint density at radius 3 is 3.06 bits per heavy atom. The summed E-state index contributed by atoms with van der Waals surface area (Å²) in [4.78, 5) is 10.6. The number of benzene rings is 1. The van der Waals surface area contributed by atoms with E-state index in [4.69, 9.17) is 5.73 Å². The molecule has 1 aliphatic carbocycles. The third-order valence-electron chi connectivity index (χ3n) is 3.43. The summed E-state index contributed by atoms with van der Waals surface area (Å²) < 4.78 is 1.16. The van der Waals surface area contributed by atoms with E-state index >= 15 is 0 Å². The first-order chi connectivity index (χ1) is 8.65. The molecular formula is C14H19BrN2O. The van der Waals surface area contributed by atoms with Crippen LogP contribution >= 0.6 is 15.9 Å². The van der Waals surface area contributed by atoms with Crippen LogP contribution in [-0.2, 0) is 17.6 Å². The summed E-state index contributed by atoms with van der Waals surface area (Å²) in [5.41, 5.74) is 8.02. The Labute approximate surface area is 116 Å². The topological polar surface area (TPSA) is 55.1 Å². The van der Waals surface area contributed by atoms with Crippen molar-refractivity contribution in [3.8, 4) is 0 Å². The summed E-state index contributed by atoms with van der Waals surface area (Å²) in [5.74, 6) is -0.212. The van der Waals surface area contributed by atoms with Gasteiger partial charge in [0.1, 0.15) is 0 Å². The van der Waals surface area contributed by atoms with E-state index in [2.05, 4.69) is 39.4 Å². The molecule has 4 heteroatoms. The van der Waals surface area contributed by atoms with Crippen molar-refractivity contribution in [2.24, 2.45) is 5.73 Å². The number of aryl methyl sites for hydroxylation is 1. The molecule has 18 heavy (non-hydrogen) atoms. The smallest absolute Gasteiger partial charge is 0.217 e. The molecule has 0 bridgehead atoms. The molecule has 1 amide bonds. The molecule has 0 spiro atoms. The molecule has 1 aromatic carbocycles. The van der Waals surface area contributed by atoms with Crippen LogP contribution in [0, 0.1) is 0 Å². The van der Waals surface area contributed by atoms with E-state index in [1.54, 1.807) is 0 Å². The minimum absolute atomic E-state index is 0.212. The van der Waals surface area contributed by atoms with Gasteiger partial charge in [-0.2, -0.15) is 0 Å². The summed E-state index contributed by atoms with van der Waals surface area (Å²) in [7, 11) is 0. The number of hydrogen-bond acceptors (Lipinski definition) is 2. The van der Waals surface area contributed by atoms with Crippen LogP contribution in [0.25, 0.3) is 0 Å². The zero-order chi connectivity index (χ0) is 13.0. The van der Waals surface area contributed by atoms with Gasteiger partial charge in [0.2, 0.25) is 5.91 Å². The first-order valence-electron chi connectivity index (χ1n) is 6.44. The molecular weight excluding hydrogens is 292 g/mol. The first kappa shape index (κ1) is 13.6. The minimum atomic E-state index is -0.212. The van der Waals surface area contributed by atoms with Crippen molar-refractivity contribution < 1.29 is 4.79 Å². The quantitative estimate of drug-likeness (QED) is 0.819. The van der Waals surface area contributed by atoms with E-state index in [9.17, 15) is 4.79 Å². The van der Waals surface area contributed by atoms with Crippen LogP contribution in [0.4, 0.5) is 0 Å². The van der Waals surface area contributed by atoms with Crippen LogP contribution in [0.15, 0.2) is 22.7 Å². The Bertz CT molecular complexity index is 434. The molecule has 0 aromatic heterocycles. The van der Waals surface area contributed by atoms with Crippen molar-refractivity contribution in [1.82, 2.24) is 5.32 Å². The predicted octanol–water partition coefficient (Wildman–Crippen LogP) is 2.16. The molecule has 3 nitrogen and oxygen atoms in total. The van der Waals surface area contributed by atoms with Crippen molar-refractivity contribution >= 4 is 21.8 Å². The molecule has 98 valence electrons. The molecule has 0 fully saturated rings. The molecule has 3 N–H and O–H groups in total. The number of primary amides is 1. The van der Waals surface area contributed by atoms with Gasteiger partial charge >= 0.3 is 0 Å². The van der Waals surface area contributed by atoms with Crippen LogP contribution in [0.2, 0.25) is 0 Å². The fraction of sp³-hybridized carbons (Fsp3) is 0.500. The SMILES string of the molecule is NC(=O)CCCNC1CCc2cc(Br)ccc2C1. The fourth-order valence-electron chi connectivity index (χ4n) is 2.47. The highest BCUT2D eigenvalue weighted by Gasteiger charge is 2.17. The van der Waals surface area contributed by atoms with Gasteiger partial charge in [-0.05, 0) is 55.5 Å². The van der Waals surface area contributed by atoms with E-state index in [0.29, 0.717) is 12.5 Å². The van der Waals surface area contributed by atoms with Crippen LogP contribution in [0.3, 0.4) is 0 Å².